The zero-order valence-electron chi connectivity index (χ0n) is 12.6. The van der Waals surface area contributed by atoms with E-state index in [1.165, 1.54) is 12.8 Å². The molecule has 0 heterocycles. The molecule has 0 saturated heterocycles. The molecule has 0 unspecified atom stereocenters. The predicted molar refractivity (Wildman–Crippen MR) is 88.6 cm³/mol. The van der Waals surface area contributed by atoms with Gasteiger partial charge in [-0.2, -0.15) is 0 Å². The molecular formula is C18H20ClNO2. The summed E-state index contributed by atoms with van der Waals surface area (Å²) in [4.78, 5) is 0. The summed E-state index contributed by atoms with van der Waals surface area (Å²) in [6, 6.07) is 14.4. The third-order valence-corrected chi connectivity index (χ3v) is 4.14. The van der Waals surface area contributed by atoms with Gasteiger partial charge < -0.3 is 14.8 Å². The van der Waals surface area contributed by atoms with Gasteiger partial charge in [-0.3, -0.25) is 0 Å². The monoisotopic (exact) mass is 317 g/mol. The van der Waals surface area contributed by atoms with Gasteiger partial charge in [-0.25, -0.2) is 0 Å². The average molecular weight is 318 g/mol. The van der Waals surface area contributed by atoms with E-state index in [1.807, 2.05) is 36.4 Å². The summed E-state index contributed by atoms with van der Waals surface area (Å²) < 4.78 is 11.5. The number of ether oxygens (including phenoxy) is 2. The third kappa shape index (κ3) is 3.73. The molecule has 1 fully saturated rings. The molecule has 116 valence electrons. The molecule has 3 nitrogen and oxygen atoms in total. The normalized spacial score (nSPS) is 13.9. The second-order valence-electron chi connectivity index (χ2n) is 5.48. The summed E-state index contributed by atoms with van der Waals surface area (Å²) >= 11 is 6.19. The first-order chi connectivity index (χ1) is 10.8. The minimum absolute atomic E-state index is 0.427. The van der Waals surface area contributed by atoms with Crippen LogP contribution in [0.2, 0.25) is 5.02 Å². The van der Waals surface area contributed by atoms with Crippen LogP contribution in [0.25, 0.3) is 0 Å². The summed E-state index contributed by atoms with van der Waals surface area (Å²) in [7, 11) is 1.66. The molecule has 0 radical (unpaired) electrons. The molecule has 0 atom stereocenters. The van der Waals surface area contributed by atoms with E-state index in [2.05, 4.69) is 11.4 Å². The van der Waals surface area contributed by atoms with Gasteiger partial charge in [0.2, 0.25) is 0 Å². The number of rotatable bonds is 7. The van der Waals surface area contributed by atoms with Crippen molar-refractivity contribution in [1.82, 2.24) is 5.32 Å². The highest BCUT2D eigenvalue weighted by Crippen LogP contribution is 2.33. The van der Waals surface area contributed by atoms with E-state index in [0.717, 1.165) is 34.2 Å². The molecule has 3 rings (SSSR count). The van der Waals surface area contributed by atoms with Gasteiger partial charge in [0.25, 0.3) is 0 Å². The van der Waals surface area contributed by atoms with E-state index in [0.29, 0.717) is 12.6 Å². The minimum Gasteiger partial charge on any atom is -0.493 e. The zero-order valence-corrected chi connectivity index (χ0v) is 13.4. The fourth-order valence-electron chi connectivity index (χ4n) is 2.33. The van der Waals surface area contributed by atoms with Crippen LogP contribution >= 0.6 is 11.6 Å². The summed E-state index contributed by atoms with van der Waals surface area (Å²) in [5.41, 5.74) is 2.08. The Balaban J connectivity index is 1.76. The average Bonchev–Trinajstić information content (AvgIpc) is 3.36. The summed E-state index contributed by atoms with van der Waals surface area (Å²) in [6.07, 6.45) is 2.53. The first-order valence-electron chi connectivity index (χ1n) is 7.53. The molecule has 1 aliphatic carbocycles. The maximum atomic E-state index is 6.19. The Morgan fingerprint density at radius 1 is 1.09 bits per heavy atom. The number of methoxy groups -OCH3 is 1. The van der Waals surface area contributed by atoms with E-state index < -0.39 is 0 Å². The fraction of sp³-hybridized carbons (Fsp3) is 0.333. The van der Waals surface area contributed by atoms with E-state index in [4.69, 9.17) is 21.1 Å². The molecule has 1 saturated carbocycles. The molecular weight excluding hydrogens is 298 g/mol. The molecule has 0 bridgehead atoms. The Bertz CT molecular complexity index is 641. The standard InChI is InChI=1S/C18H20ClNO2/c1-21-17-8-4-6-13(11-20-15-9-10-15)18(17)22-12-14-5-2-3-7-16(14)19/h2-8,15,20H,9-12H2,1H3. The molecule has 22 heavy (non-hydrogen) atoms. The predicted octanol–water partition coefficient (Wildman–Crippen LogP) is 4.18. The highest BCUT2D eigenvalue weighted by Gasteiger charge is 2.21. The second kappa shape index (κ2) is 7.03. The largest absolute Gasteiger partial charge is 0.493 e. The van der Waals surface area contributed by atoms with Crippen molar-refractivity contribution in [3.63, 3.8) is 0 Å². The molecule has 2 aromatic rings. The van der Waals surface area contributed by atoms with Crippen LogP contribution in [0.5, 0.6) is 11.5 Å². The van der Waals surface area contributed by atoms with Crippen LogP contribution in [0.1, 0.15) is 24.0 Å². The van der Waals surface area contributed by atoms with Crippen molar-refractivity contribution in [2.75, 3.05) is 7.11 Å². The SMILES string of the molecule is COc1cccc(CNC2CC2)c1OCc1ccccc1Cl. The van der Waals surface area contributed by atoms with Crippen molar-refractivity contribution in [1.29, 1.82) is 0 Å². The number of para-hydroxylation sites is 1. The Kier molecular flexibility index (Phi) is 4.86. The Morgan fingerprint density at radius 3 is 2.59 bits per heavy atom. The van der Waals surface area contributed by atoms with Crippen LogP contribution in [-0.2, 0) is 13.2 Å². The first-order valence-corrected chi connectivity index (χ1v) is 7.91. The minimum atomic E-state index is 0.427. The van der Waals surface area contributed by atoms with Crippen LogP contribution in [0.15, 0.2) is 42.5 Å². The van der Waals surface area contributed by atoms with E-state index in [-0.39, 0.29) is 0 Å². The highest BCUT2D eigenvalue weighted by atomic mass is 35.5. The van der Waals surface area contributed by atoms with E-state index in [9.17, 15) is 0 Å². The van der Waals surface area contributed by atoms with Gasteiger partial charge in [0.15, 0.2) is 11.5 Å². The van der Waals surface area contributed by atoms with Crippen LogP contribution in [0.4, 0.5) is 0 Å². The smallest absolute Gasteiger partial charge is 0.166 e. The van der Waals surface area contributed by atoms with Crippen LogP contribution in [0.3, 0.4) is 0 Å². The second-order valence-corrected chi connectivity index (χ2v) is 5.89. The molecule has 0 aliphatic heterocycles. The first kappa shape index (κ1) is 15.2. The van der Waals surface area contributed by atoms with Crippen molar-refractivity contribution in [3.05, 3.63) is 58.6 Å². The van der Waals surface area contributed by atoms with Crippen LogP contribution < -0.4 is 14.8 Å². The lowest BCUT2D eigenvalue weighted by Crippen LogP contribution is -2.16. The van der Waals surface area contributed by atoms with Gasteiger partial charge in [0, 0.05) is 28.7 Å². The van der Waals surface area contributed by atoms with Gasteiger partial charge in [0.05, 0.1) is 7.11 Å². The highest BCUT2D eigenvalue weighted by molar-refractivity contribution is 6.31. The summed E-state index contributed by atoms with van der Waals surface area (Å²) in [5, 5.41) is 4.23. The molecule has 0 aromatic heterocycles. The third-order valence-electron chi connectivity index (χ3n) is 3.77. The lowest BCUT2D eigenvalue weighted by Gasteiger charge is -2.16. The Morgan fingerprint density at radius 2 is 1.86 bits per heavy atom. The van der Waals surface area contributed by atoms with Gasteiger partial charge in [-0.1, -0.05) is 41.9 Å². The van der Waals surface area contributed by atoms with Crippen LogP contribution in [0, 0.1) is 0 Å². The summed E-state index contributed by atoms with van der Waals surface area (Å²) in [5.74, 6) is 1.54. The van der Waals surface area contributed by atoms with Gasteiger partial charge >= 0.3 is 0 Å². The Hall–Kier alpha value is -1.71. The quantitative estimate of drug-likeness (QED) is 0.831. The molecule has 4 heteroatoms. The summed E-state index contributed by atoms with van der Waals surface area (Å²) in [6.45, 7) is 1.22. The van der Waals surface area contributed by atoms with Crippen molar-refractivity contribution in [2.24, 2.45) is 0 Å². The van der Waals surface area contributed by atoms with Crippen molar-refractivity contribution in [2.45, 2.75) is 32.0 Å². The fourth-order valence-corrected chi connectivity index (χ4v) is 2.52. The number of halogens is 1. The molecule has 1 aliphatic rings. The molecule has 2 aromatic carbocycles. The molecule has 0 amide bonds. The zero-order chi connectivity index (χ0) is 15.4. The van der Waals surface area contributed by atoms with Gasteiger partial charge in [0.1, 0.15) is 6.61 Å². The Labute approximate surface area is 136 Å². The molecule has 0 spiro atoms. The maximum absolute atomic E-state index is 6.19. The van der Waals surface area contributed by atoms with Crippen molar-refractivity contribution >= 4 is 11.6 Å². The number of hydrogen-bond donors (Lipinski definition) is 1. The number of nitrogens with one attached hydrogen (secondary N) is 1. The van der Waals surface area contributed by atoms with Crippen LogP contribution in [-0.4, -0.2) is 13.2 Å². The topological polar surface area (TPSA) is 30.5 Å². The lowest BCUT2D eigenvalue weighted by atomic mass is 10.1. The van der Waals surface area contributed by atoms with E-state index in [1.54, 1.807) is 7.11 Å². The number of benzene rings is 2. The van der Waals surface area contributed by atoms with Crippen molar-refractivity contribution < 1.29 is 9.47 Å². The number of hydrogen-bond acceptors (Lipinski definition) is 3. The maximum Gasteiger partial charge on any atom is 0.166 e. The van der Waals surface area contributed by atoms with Gasteiger partial charge in [-0.05, 0) is 25.0 Å². The van der Waals surface area contributed by atoms with Gasteiger partial charge in [-0.15, -0.1) is 0 Å². The lowest BCUT2D eigenvalue weighted by molar-refractivity contribution is 0.280. The van der Waals surface area contributed by atoms with E-state index >= 15 is 0 Å². The molecule has 1 N–H and O–H groups in total. The van der Waals surface area contributed by atoms with Crippen molar-refractivity contribution in [3.8, 4) is 11.5 Å².